The van der Waals surface area contributed by atoms with Crippen LogP contribution in [0, 0.1) is 23.5 Å². The molecule has 0 heterocycles. The first kappa shape index (κ1) is 17.6. The molecule has 132 valence electrons. The summed E-state index contributed by atoms with van der Waals surface area (Å²) in [7, 11) is 0. The van der Waals surface area contributed by atoms with Crippen molar-refractivity contribution in [3.05, 3.63) is 47.0 Å². The molecule has 1 N–H and O–H groups in total. The zero-order valence-electron chi connectivity index (χ0n) is 14.5. The van der Waals surface area contributed by atoms with Gasteiger partial charge in [0.1, 0.15) is 0 Å². The lowest BCUT2D eigenvalue weighted by Crippen LogP contribution is -2.30. The molecule has 0 spiro atoms. The highest BCUT2D eigenvalue weighted by molar-refractivity contribution is 5.29. The Hall–Kier alpha value is -1.22. The summed E-state index contributed by atoms with van der Waals surface area (Å²) >= 11 is 0. The van der Waals surface area contributed by atoms with Gasteiger partial charge in [-0.3, -0.25) is 0 Å². The summed E-state index contributed by atoms with van der Waals surface area (Å²) in [6.07, 6.45) is 11.4. The van der Waals surface area contributed by atoms with Crippen LogP contribution < -0.4 is 0 Å². The summed E-state index contributed by atoms with van der Waals surface area (Å²) in [5.41, 5.74) is 0.255. The smallest absolute Gasteiger partial charge is 0.164 e. The third-order valence-corrected chi connectivity index (χ3v) is 6.05. The van der Waals surface area contributed by atoms with E-state index in [4.69, 9.17) is 0 Å². The number of halogens is 2. The maximum atomic E-state index is 14.0. The van der Waals surface area contributed by atoms with E-state index in [2.05, 4.69) is 13.0 Å². The van der Waals surface area contributed by atoms with Gasteiger partial charge in [-0.15, -0.1) is 0 Å². The second-order valence-electron chi connectivity index (χ2n) is 7.62. The van der Waals surface area contributed by atoms with Crippen LogP contribution in [0.2, 0.25) is 0 Å². The van der Waals surface area contributed by atoms with Gasteiger partial charge in [-0.25, -0.2) is 8.78 Å². The number of allylic oxidation sites excluding steroid dienone is 1. The summed E-state index contributed by atoms with van der Waals surface area (Å²) in [5.74, 6) is -0.282. The Labute approximate surface area is 143 Å². The molecule has 3 rings (SSSR count). The van der Waals surface area contributed by atoms with Gasteiger partial charge < -0.3 is 5.11 Å². The van der Waals surface area contributed by atoms with Crippen molar-refractivity contribution < 1.29 is 13.9 Å². The quantitative estimate of drug-likeness (QED) is 0.683. The molecule has 0 aromatic heterocycles. The summed E-state index contributed by atoms with van der Waals surface area (Å²) in [6.45, 7) is 2.25. The van der Waals surface area contributed by atoms with Gasteiger partial charge in [-0.2, -0.15) is 0 Å². The van der Waals surface area contributed by atoms with Gasteiger partial charge >= 0.3 is 0 Å². The average Bonchev–Trinajstić information content (AvgIpc) is 2.59. The van der Waals surface area contributed by atoms with Crippen LogP contribution in [-0.4, -0.2) is 5.11 Å². The van der Waals surface area contributed by atoms with Crippen molar-refractivity contribution in [3.8, 4) is 0 Å². The second kappa shape index (κ2) is 7.35. The number of hydrogen-bond donors (Lipinski definition) is 1. The van der Waals surface area contributed by atoms with Crippen LogP contribution in [0.3, 0.4) is 0 Å². The molecular formula is C21H28F2O. The Bertz CT molecular complexity index is 602. The first-order valence-electron chi connectivity index (χ1n) is 9.39. The summed E-state index contributed by atoms with van der Waals surface area (Å²) in [5, 5.41) is 10.8. The van der Waals surface area contributed by atoms with Crippen LogP contribution in [0.25, 0.3) is 0 Å². The predicted molar refractivity (Wildman–Crippen MR) is 92.5 cm³/mol. The standard InChI is InChI=1S/C21H28F2O/c1-2-4-15-7-9-16(10-8-15)17-11-13-21(24,14-12-17)18-5-3-6-19(22)20(18)23/h3,5-6,11,15-16,24H,2,4,7-10,12-14H2,1H3. The van der Waals surface area contributed by atoms with E-state index in [0.717, 1.165) is 18.4 Å². The minimum atomic E-state index is -1.27. The maximum absolute atomic E-state index is 14.0. The minimum Gasteiger partial charge on any atom is -0.385 e. The van der Waals surface area contributed by atoms with Crippen molar-refractivity contribution in [2.24, 2.45) is 11.8 Å². The highest BCUT2D eigenvalue weighted by atomic mass is 19.2. The van der Waals surface area contributed by atoms with Crippen molar-refractivity contribution in [3.63, 3.8) is 0 Å². The van der Waals surface area contributed by atoms with E-state index >= 15 is 0 Å². The van der Waals surface area contributed by atoms with Crippen molar-refractivity contribution in [2.45, 2.75) is 70.3 Å². The fourth-order valence-corrected chi connectivity index (χ4v) is 4.56. The molecule has 1 aromatic rings. The molecule has 1 fully saturated rings. The lowest BCUT2D eigenvalue weighted by Gasteiger charge is -2.36. The molecule has 1 unspecified atom stereocenters. The molecule has 2 aliphatic rings. The Kier molecular flexibility index (Phi) is 5.39. The van der Waals surface area contributed by atoms with Crippen LogP contribution in [0.15, 0.2) is 29.8 Å². The molecular weight excluding hydrogens is 306 g/mol. The fraction of sp³-hybridized carbons (Fsp3) is 0.619. The fourth-order valence-electron chi connectivity index (χ4n) is 4.56. The van der Waals surface area contributed by atoms with Crippen LogP contribution in [0.5, 0.6) is 0 Å². The van der Waals surface area contributed by atoms with E-state index in [1.165, 1.54) is 56.2 Å². The van der Waals surface area contributed by atoms with E-state index in [-0.39, 0.29) is 5.56 Å². The largest absolute Gasteiger partial charge is 0.385 e. The Morgan fingerprint density at radius 2 is 1.92 bits per heavy atom. The highest BCUT2D eigenvalue weighted by Crippen LogP contribution is 2.43. The zero-order valence-corrected chi connectivity index (χ0v) is 14.5. The number of aliphatic hydroxyl groups is 1. The van der Waals surface area contributed by atoms with Crippen molar-refractivity contribution in [1.29, 1.82) is 0 Å². The Morgan fingerprint density at radius 1 is 1.17 bits per heavy atom. The van der Waals surface area contributed by atoms with Crippen LogP contribution in [-0.2, 0) is 5.60 Å². The molecule has 2 aliphatic carbocycles. The lowest BCUT2D eigenvalue weighted by atomic mass is 9.71. The van der Waals surface area contributed by atoms with Crippen LogP contribution >= 0.6 is 0 Å². The summed E-state index contributed by atoms with van der Waals surface area (Å²) in [4.78, 5) is 0. The van der Waals surface area contributed by atoms with Gasteiger partial charge in [-0.1, -0.05) is 43.5 Å². The van der Waals surface area contributed by atoms with E-state index in [1.807, 2.05) is 0 Å². The number of hydrogen-bond acceptors (Lipinski definition) is 1. The highest BCUT2D eigenvalue weighted by Gasteiger charge is 2.36. The molecule has 1 nitrogen and oxygen atoms in total. The van der Waals surface area contributed by atoms with Gasteiger partial charge in [0, 0.05) is 5.56 Å². The normalized spacial score (nSPS) is 30.9. The van der Waals surface area contributed by atoms with Crippen LogP contribution in [0.4, 0.5) is 8.78 Å². The second-order valence-corrected chi connectivity index (χ2v) is 7.62. The maximum Gasteiger partial charge on any atom is 0.164 e. The van der Waals surface area contributed by atoms with Gasteiger partial charge in [0.25, 0.3) is 0 Å². The lowest BCUT2D eigenvalue weighted by molar-refractivity contribution is 0.0201. The first-order valence-corrected chi connectivity index (χ1v) is 9.39. The van der Waals surface area contributed by atoms with Gasteiger partial charge in [0.15, 0.2) is 11.6 Å². The molecule has 0 saturated heterocycles. The van der Waals surface area contributed by atoms with E-state index in [1.54, 1.807) is 0 Å². The summed E-state index contributed by atoms with van der Waals surface area (Å²) < 4.78 is 27.5. The predicted octanol–water partition coefficient (Wildman–Crippen LogP) is 5.87. The van der Waals surface area contributed by atoms with Crippen molar-refractivity contribution in [1.82, 2.24) is 0 Å². The van der Waals surface area contributed by atoms with Crippen molar-refractivity contribution in [2.75, 3.05) is 0 Å². The number of benzene rings is 1. The van der Waals surface area contributed by atoms with Gasteiger partial charge in [-0.05, 0) is 62.8 Å². The Morgan fingerprint density at radius 3 is 2.54 bits per heavy atom. The topological polar surface area (TPSA) is 20.2 Å². The first-order chi connectivity index (χ1) is 11.5. The molecule has 0 aliphatic heterocycles. The van der Waals surface area contributed by atoms with Gasteiger partial charge in [0.2, 0.25) is 0 Å². The molecule has 0 radical (unpaired) electrons. The third-order valence-electron chi connectivity index (χ3n) is 6.05. The van der Waals surface area contributed by atoms with E-state index < -0.39 is 17.2 Å². The molecule has 0 bridgehead atoms. The van der Waals surface area contributed by atoms with Crippen molar-refractivity contribution >= 4 is 0 Å². The SMILES string of the molecule is CCCC1CCC(C2=CCC(O)(c3cccc(F)c3F)CC2)CC1. The average molecular weight is 334 g/mol. The third kappa shape index (κ3) is 3.56. The minimum absolute atomic E-state index is 0.101. The molecule has 3 heteroatoms. The van der Waals surface area contributed by atoms with E-state index in [9.17, 15) is 13.9 Å². The molecule has 1 saturated carbocycles. The molecule has 1 atom stereocenters. The summed E-state index contributed by atoms with van der Waals surface area (Å²) in [6, 6.07) is 4.08. The zero-order chi connectivity index (χ0) is 17.2. The monoisotopic (exact) mass is 334 g/mol. The molecule has 0 amide bonds. The molecule has 24 heavy (non-hydrogen) atoms. The van der Waals surface area contributed by atoms with E-state index in [0.29, 0.717) is 18.8 Å². The number of rotatable bonds is 4. The van der Waals surface area contributed by atoms with Gasteiger partial charge in [0.05, 0.1) is 5.60 Å². The Balaban J connectivity index is 1.67. The van der Waals surface area contributed by atoms with Crippen LogP contribution in [0.1, 0.15) is 70.3 Å². The molecule has 1 aromatic carbocycles.